The van der Waals surface area contributed by atoms with Crippen molar-refractivity contribution in [2.45, 2.75) is 6.92 Å². The topological polar surface area (TPSA) is 114 Å². The molecule has 0 saturated heterocycles. The van der Waals surface area contributed by atoms with Gasteiger partial charge in [0, 0.05) is 0 Å². The van der Waals surface area contributed by atoms with Gasteiger partial charge in [-0.25, -0.2) is 10.2 Å². The van der Waals surface area contributed by atoms with Crippen molar-refractivity contribution in [2.75, 3.05) is 34.5 Å². The van der Waals surface area contributed by atoms with Gasteiger partial charge >= 0.3 is 5.97 Å². The Labute approximate surface area is 237 Å². The molecule has 0 aromatic heterocycles. The molecule has 4 aromatic rings. The molecule has 41 heavy (non-hydrogen) atoms. The van der Waals surface area contributed by atoms with Crippen LogP contribution >= 0.6 is 0 Å². The first-order valence-electron chi connectivity index (χ1n) is 12.7. The Bertz CT molecular complexity index is 1540. The molecular weight excluding hydrogens is 528 g/mol. The van der Waals surface area contributed by atoms with Gasteiger partial charge in [0.2, 0.25) is 5.75 Å². The number of nitrogens with one attached hydrogen (secondary N) is 1. The zero-order valence-corrected chi connectivity index (χ0v) is 23.1. The largest absolute Gasteiger partial charge is 0.493 e. The fourth-order valence-corrected chi connectivity index (χ4v) is 3.93. The van der Waals surface area contributed by atoms with E-state index in [0.29, 0.717) is 40.9 Å². The fourth-order valence-electron chi connectivity index (χ4n) is 3.93. The second kappa shape index (κ2) is 13.7. The van der Waals surface area contributed by atoms with Gasteiger partial charge < -0.3 is 28.4 Å². The van der Waals surface area contributed by atoms with E-state index >= 15 is 0 Å². The first-order valence-corrected chi connectivity index (χ1v) is 12.7. The molecule has 0 aliphatic heterocycles. The number of hydrogen-bond donors (Lipinski definition) is 1. The molecule has 10 nitrogen and oxygen atoms in total. The molecule has 0 spiro atoms. The number of hydrogen-bond acceptors (Lipinski definition) is 9. The van der Waals surface area contributed by atoms with Crippen LogP contribution in [-0.2, 0) is 4.79 Å². The monoisotopic (exact) mass is 558 g/mol. The minimum Gasteiger partial charge on any atom is -0.493 e. The molecule has 10 heteroatoms. The highest BCUT2D eigenvalue weighted by atomic mass is 16.6. The highest BCUT2D eigenvalue weighted by molar-refractivity contribution is 5.93. The Hall–Kier alpha value is -5.25. The summed E-state index contributed by atoms with van der Waals surface area (Å²) in [5.74, 6) is 1.04. The maximum absolute atomic E-state index is 13.0. The average molecular weight is 559 g/mol. The van der Waals surface area contributed by atoms with Crippen molar-refractivity contribution in [1.82, 2.24) is 5.43 Å². The van der Waals surface area contributed by atoms with E-state index in [2.05, 4.69) is 10.5 Å². The van der Waals surface area contributed by atoms with E-state index in [1.165, 1.54) is 39.7 Å². The number of nitrogens with zero attached hydrogens (tertiary/aromatic N) is 1. The third-order valence-corrected chi connectivity index (χ3v) is 5.86. The third kappa shape index (κ3) is 7.24. The first-order chi connectivity index (χ1) is 19.9. The summed E-state index contributed by atoms with van der Waals surface area (Å²) in [5.41, 5.74) is 3.24. The Morgan fingerprint density at radius 3 is 2.20 bits per heavy atom. The summed E-state index contributed by atoms with van der Waals surface area (Å²) in [4.78, 5) is 25.2. The van der Waals surface area contributed by atoms with E-state index in [4.69, 9.17) is 28.4 Å². The number of hydrazone groups is 1. The highest BCUT2D eigenvalue weighted by Gasteiger charge is 2.20. The Kier molecular flexibility index (Phi) is 9.61. The molecule has 0 fully saturated rings. The normalized spacial score (nSPS) is 10.7. The molecule has 1 N–H and O–H groups in total. The van der Waals surface area contributed by atoms with Crippen molar-refractivity contribution in [3.05, 3.63) is 83.9 Å². The molecule has 0 saturated carbocycles. The number of carbonyl (C=O) groups is 2. The van der Waals surface area contributed by atoms with Crippen LogP contribution in [0.4, 0.5) is 0 Å². The van der Waals surface area contributed by atoms with Crippen LogP contribution < -0.4 is 33.8 Å². The van der Waals surface area contributed by atoms with Crippen molar-refractivity contribution in [3.8, 4) is 34.5 Å². The van der Waals surface area contributed by atoms with Crippen LogP contribution in [0.3, 0.4) is 0 Å². The lowest BCUT2D eigenvalue weighted by atomic mass is 10.1. The quantitative estimate of drug-likeness (QED) is 0.112. The molecule has 212 valence electrons. The van der Waals surface area contributed by atoms with Crippen LogP contribution in [0.5, 0.6) is 34.5 Å². The molecule has 0 heterocycles. The van der Waals surface area contributed by atoms with Gasteiger partial charge in [0.05, 0.1) is 39.7 Å². The maximum atomic E-state index is 13.0. The van der Waals surface area contributed by atoms with Crippen LogP contribution in [0.2, 0.25) is 0 Å². The predicted molar refractivity (Wildman–Crippen MR) is 154 cm³/mol. The minimum absolute atomic E-state index is 0.196. The van der Waals surface area contributed by atoms with Crippen molar-refractivity contribution >= 4 is 28.9 Å². The number of esters is 1. The molecular formula is C31H30N2O8. The van der Waals surface area contributed by atoms with Gasteiger partial charge in [0.25, 0.3) is 5.91 Å². The zero-order valence-electron chi connectivity index (χ0n) is 23.1. The number of amides is 1. The van der Waals surface area contributed by atoms with Crippen molar-refractivity contribution in [3.63, 3.8) is 0 Å². The molecule has 1 amide bonds. The van der Waals surface area contributed by atoms with Crippen LogP contribution in [0, 0.1) is 0 Å². The predicted octanol–water partition coefficient (Wildman–Crippen LogP) is 5.01. The third-order valence-electron chi connectivity index (χ3n) is 5.86. The lowest BCUT2D eigenvalue weighted by Crippen LogP contribution is -2.24. The van der Waals surface area contributed by atoms with Crippen LogP contribution in [0.15, 0.2) is 77.9 Å². The van der Waals surface area contributed by atoms with Gasteiger partial charge in [-0.15, -0.1) is 0 Å². The Morgan fingerprint density at radius 1 is 0.780 bits per heavy atom. The molecule has 4 rings (SSSR count). The lowest BCUT2D eigenvalue weighted by molar-refractivity contribution is -0.123. The van der Waals surface area contributed by atoms with E-state index in [1.54, 1.807) is 25.1 Å². The number of methoxy groups -OCH3 is 3. The Morgan fingerprint density at radius 2 is 1.51 bits per heavy atom. The Balaban J connectivity index is 1.39. The molecule has 0 unspecified atom stereocenters. The lowest BCUT2D eigenvalue weighted by Gasteiger charge is -2.15. The number of ether oxygens (including phenoxy) is 6. The average Bonchev–Trinajstić information content (AvgIpc) is 3.00. The standard InChI is InChI=1S/C31H30N2O8/c1-5-39-26-14-20(18-32-33-29(34)19-40-24-12-11-21-8-6-7-9-22(21)15-24)10-13-25(26)41-31(35)23-16-27(36-2)30(38-4)28(17-23)37-3/h6-18H,5,19H2,1-4H3,(H,33,34)/b32-18+. The van der Waals surface area contributed by atoms with Crippen molar-refractivity contribution in [2.24, 2.45) is 5.10 Å². The molecule has 0 aliphatic carbocycles. The van der Waals surface area contributed by atoms with Crippen molar-refractivity contribution in [1.29, 1.82) is 0 Å². The van der Waals surface area contributed by atoms with E-state index in [1.807, 2.05) is 42.5 Å². The summed E-state index contributed by atoms with van der Waals surface area (Å²) in [6.45, 7) is 1.94. The van der Waals surface area contributed by atoms with Gasteiger partial charge in [-0.2, -0.15) is 5.10 Å². The number of rotatable bonds is 12. The fraction of sp³-hybridized carbons (Fsp3) is 0.194. The van der Waals surface area contributed by atoms with Crippen LogP contribution in [0.1, 0.15) is 22.8 Å². The first kappa shape index (κ1) is 28.8. The van der Waals surface area contributed by atoms with Gasteiger partial charge in [-0.05, 0) is 65.7 Å². The number of carbonyl (C=O) groups excluding carboxylic acids is 2. The molecule has 4 aromatic carbocycles. The van der Waals surface area contributed by atoms with Crippen LogP contribution in [-0.4, -0.2) is 52.6 Å². The van der Waals surface area contributed by atoms with Gasteiger partial charge in [-0.1, -0.05) is 30.3 Å². The highest BCUT2D eigenvalue weighted by Crippen LogP contribution is 2.39. The SMILES string of the molecule is CCOc1cc(/C=N/NC(=O)COc2ccc3ccccc3c2)ccc1OC(=O)c1cc(OC)c(OC)c(OC)c1. The molecule has 0 bridgehead atoms. The van der Waals surface area contributed by atoms with E-state index in [-0.39, 0.29) is 17.9 Å². The molecule has 0 aliphatic rings. The second-order valence-electron chi connectivity index (χ2n) is 8.53. The van der Waals surface area contributed by atoms with Crippen molar-refractivity contribution < 1.29 is 38.0 Å². The summed E-state index contributed by atoms with van der Waals surface area (Å²) >= 11 is 0. The summed E-state index contributed by atoms with van der Waals surface area (Å²) in [7, 11) is 4.39. The maximum Gasteiger partial charge on any atom is 0.343 e. The minimum atomic E-state index is -0.648. The second-order valence-corrected chi connectivity index (χ2v) is 8.53. The van der Waals surface area contributed by atoms with Gasteiger partial charge in [-0.3, -0.25) is 4.79 Å². The number of benzene rings is 4. The van der Waals surface area contributed by atoms with E-state index < -0.39 is 11.9 Å². The van der Waals surface area contributed by atoms with E-state index in [0.717, 1.165) is 10.8 Å². The summed E-state index contributed by atoms with van der Waals surface area (Å²) in [6.07, 6.45) is 1.45. The van der Waals surface area contributed by atoms with E-state index in [9.17, 15) is 9.59 Å². The molecule has 0 radical (unpaired) electrons. The number of fused-ring (bicyclic) bond motifs is 1. The smallest absolute Gasteiger partial charge is 0.343 e. The van der Waals surface area contributed by atoms with Gasteiger partial charge in [0.15, 0.2) is 29.6 Å². The summed E-state index contributed by atoms with van der Waals surface area (Å²) in [6, 6.07) is 21.4. The van der Waals surface area contributed by atoms with Gasteiger partial charge in [0.1, 0.15) is 5.75 Å². The molecule has 0 atom stereocenters. The zero-order chi connectivity index (χ0) is 29.2. The summed E-state index contributed by atoms with van der Waals surface area (Å²) in [5, 5.41) is 6.10. The summed E-state index contributed by atoms with van der Waals surface area (Å²) < 4.78 is 32.8. The van der Waals surface area contributed by atoms with Crippen LogP contribution in [0.25, 0.3) is 10.8 Å².